The molecule has 0 radical (unpaired) electrons. The van der Waals surface area contributed by atoms with Gasteiger partial charge in [-0.1, -0.05) is 26.7 Å². The standard InChI is InChI=1S/C19H39N5O2/c1-7-15(8-2)16(24-9-11-26-12-10-24)13-21-18(20-6)22-14-17(25)23-19(3,4)5/h15-16H,7-14H2,1-6H3,(H,23,25)(H2,20,21,22). The van der Waals surface area contributed by atoms with E-state index in [1.165, 1.54) is 0 Å². The Morgan fingerprint density at radius 2 is 1.77 bits per heavy atom. The molecule has 1 rings (SSSR count). The van der Waals surface area contributed by atoms with Crippen molar-refractivity contribution in [2.24, 2.45) is 10.9 Å². The molecule has 0 bridgehead atoms. The molecule has 7 heteroatoms. The number of nitrogens with zero attached hydrogens (tertiary/aromatic N) is 2. The van der Waals surface area contributed by atoms with E-state index in [2.05, 4.69) is 39.7 Å². The fourth-order valence-corrected chi connectivity index (χ4v) is 3.38. The van der Waals surface area contributed by atoms with Crippen molar-refractivity contribution >= 4 is 11.9 Å². The number of amides is 1. The molecule has 3 N–H and O–H groups in total. The number of morpholine rings is 1. The minimum atomic E-state index is -0.230. The van der Waals surface area contributed by atoms with Gasteiger partial charge in [-0.05, 0) is 26.7 Å². The van der Waals surface area contributed by atoms with Crippen LogP contribution < -0.4 is 16.0 Å². The van der Waals surface area contributed by atoms with Gasteiger partial charge in [0.05, 0.1) is 19.8 Å². The summed E-state index contributed by atoms with van der Waals surface area (Å²) in [5.74, 6) is 1.26. The van der Waals surface area contributed by atoms with Crippen LogP contribution in [0.4, 0.5) is 0 Å². The monoisotopic (exact) mass is 369 g/mol. The van der Waals surface area contributed by atoms with Crippen LogP contribution in [0.1, 0.15) is 47.5 Å². The Hall–Kier alpha value is -1.34. The first kappa shape index (κ1) is 22.7. The SMILES string of the molecule is CCC(CC)C(CNC(=NC)NCC(=O)NC(C)(C)C)N1CCOCC1. The van der Waals surface area contributed by atoms with E-state index in [0.29, 0.717) is 17.9 Å². The van der Waals surface area contributed by atoms with Crippen LogP contribution in [-0.4, -0.2) is 74.8 Å². The molecule has 1 atom stereocenters. The van der Waals surface area contributed by atoms with Crippen molar-refractivity contribution in [1.29, 1.82) is 0 Å². The second-order valence-electron chi connectivity index (χ2n) is 7.90. The predicted molar refractivity (Wildman–Crippen MR) is 108 cm³/mol. The molecular weight excluding hydrogens is 330 g/mol. The molecule has 152 valence electrons. The Balaban J connectivity index is 2.57. The number of carbonyl (C=O) groups is 1. The molecule has 7 nitrogen and oxygen atoms in total. The first-order valence-corrected chi connectivity index (χ1v) is 9.88. The zero-order valence-electron chi connectivity index (χ0n) is 17.5. The smallest absolute Gasteiger partial charge is 0.239 e. The highest BCUT2D eigenvalue weighted by Crippen LogP contribution is 2.19. The van der Waals surface area contributed by atoms with E-state index in [0.717, 1.165) is 45.7 Å². The van der Waals surface area contributed by atoms with Crippen molar-refractivity contribution in [3.8, 4) is 0 Å². The minimum absolute atomic E-state index is 0.0369. The third kappa shape index (κ3) is 8.36. The highest BCUT2D eigenvalue weighted by Gasteiger charge is 2.27. The second-order valence-corrected chi connectivity index (χ2v) is 7.90. The van der Waals surface area contributed by atoms with Gasteiger partial charge in [0.2, 0.25) is 5.91 Å². The van der Waals surface area contributed by atoms with Gasteiger partial charge >= 0.3 is 0 Å². The topological polar surface area (TPSA) is 78.0 Å². The predicted octanol–water partition coefficient (Wildman–Crippen LogP) is 1.20. The maximum Gasteiger partial charge on any atom is 0.239 e. The van der Waals surface area contributed by atoms with Crippen LogP contribution in [0.5, 0.6) is 0 Å². The molecular formula is C19H39N5O2. The van der Waals surface area contributed by atoms with Crippen molar-refractivity contribution < 1.29 is 9.53 Å². The molecule has 0 aliphatic carbocycles. The van der Waals surface area contributed by atoms with E-state index in [9.17, 15) is 4.79 Å². The summed E-state index contributed by atoms with van der Waals surface area (Å²) in [5.41, 5.74) is -0.230. The summed E-state index contributed by atoms with van der Waals surface area (Å²) in [5, 5.41) is 9.46. The average Bonchev–Trinajstić information content (AvgIpc) is 2.60. The Bertz CT molecular complexity index is 438. The largest absolute Gasteiger partial charge is 0.379 e. The van der Waals surface area contributed by atoms with Crippen LogP contribution in [-0.2, 0) is 9.53 Å². The Kier molecular flexibility index (Phi) is 9.94. The van der Waals surface area contributed by atoms with Gasteiger partial charge in [0.1, 0.15) is 0 Å². The molecule has 0 aromatic rings. The van der Waals surface area contributed by atoms with Gasteiger partial charge in [-0.25, -0.2) is 0 Å². The number of aliphatic imine (C=N–C) groups is 1. The average molecular weight is 370 g/mol. The van der Waals surface area contributed by atoms with Crippen molar-refractivity contribution in [2.75, 3.05) is 46.4 Å². The lowest BCUT2D eigenvalue weighted by atomic mass is 9.92. The molecule has 1 saturated heterocycles. The summed E-state index contributed by atoms with van der Waals surface area (Å²) in [6.45, 7) is 15.0. The molecule has 1 aliphatic rings. The number of guanidine groups is 1. The summed E-state index contributed by atoms with van der Waals surface area (Å²) in [6.07, 6.45) is 2.31. The maximum absolute atomic E-state index is 12.0. The van der Waals surface area contributed by atoms with Gasteiger partial charge in [-0.15, -0.1) is 0 Å². The van der Waals surface area contributed by atoms with Crippen molar-refractivity contribution in [3.05, 3.63) is 0 Å². The lowest BCUT2D eigenvalue weighted by Crippen LogP contribution is -2.54. The highest BCUT2D eigenvalue weighted by atomic mass is 16.5. The number of carbonyl (C=O) groups excluding carboxylic acids is 1. The molecule has 0 spiro atoms. The normalized spacial score (nSPS) is 17.9. The summed E-state index contributed by atoms with van der Waals surface area (Å²) in [4.78, 5) is 18.8. The molecule has 1 aliphatic heterocycles. The van der Waals surface area contributed by atoms with Gasteiger partial charge in [0.25, 0.3) is 0 Å². The first-order valence-electron chi connectivity index (χ1n) is 9.88. The van der Waals surface area contributed by atoms with E-state index >= 15 is 0 Å². The molecule has 0 aromatic heterocycles. The Morgan fingerprint density at radius 3 is 2.27 bits per heavy atom. The molecule has 1 amide bonds. The van der Waals surface area contributed by atoms with E-state index < -0.39 is 0 Å². The van der Waals surface area contributed by atoms with Gasteiger partial charge in [0.15, 0.2) is 5.96 Å². The van der Waals surface area contributed by atoms with Crippen LogP contribution in [0, 0.1) is 5.92 Å². The van der Waals surface area contributed by atoms with Crippen LogP contribution in [0.15, 0.2) is 4.99 Å². The summed E-state index contributed by atoms with van der Waals surface area (Å²) in [6, 6.07) is 0.441. The number of ether oxygens (including phenoxy) is 1. The van der Waals surface area contributed by atoms with Crippen LogP contribution in [0.3, 0.4) is 0 Å². The summed E-state index contributed by atoms with van der Waals surface area (Å²) < 4.78 is 5.51. The van der Waals surface area contributed by atoms with Crippen molar-refractivity contribution in [1.82, 2.24) is 20.9 Å². The van der Waals surface area contributed by atoms with Crippen LogP contribution in [0.25, 0.3) is 0 Å². The lowest BCUT2D eigenvalue weighted by molar-refractivity contribution is -0.121. The van der Waals surface area contributed by atoms with Gasteiger partial charge in [0, 0.05) is 38.3 Å². The number of hydrogen-bond acceptors (Lipinski definition) is 4. The lowest BCUT2D eigenvalue weighted by Gasteiger charge is -2.39. The summed E-state index contributed by atoms with van der Waals surface area (Å²) in [7, 11) is 1.73. The fraction of sp³-hybridized carbons (Fsp3) is 0.895. The Morgan fingerprint density at radius 1 is 1.15 bits per heavy atom. The maximum atomic E-state index is 12.0. The van der Waals surface area contributed by atoms with Crippen LogP contribution in [0.2, 0.25) is 0 Å². The zero-order chi connectivity index (χ0) is 19.6. The van der Waals surface area contributed by atoms with Crippen molar-refractivity contribution in [3.63, 3.8) is 0 Å². The van der Waals surface area contributed by atoms with Crippen molar-refractivity contribution in [2.45, 2.75) is 59.0 Å². The summed E-state index contributed by atoms with van der Waals surface area (Å²) >= 11 is 0. The van der Waals surface area contributed by atoms with E-state index in [4.69, 9.17) is 4.74 Å². The quantitative estimate of drug-likeness (QED) is 0.443. The van der Waals surface area contributed by atoms with Crippen LogP contribution >= 0.6 is 0 Å². The van der Waals surface area contributed by atoms with Gasteiger partial charge in [-0.3, -0.25) is 14.7 Å². The minimum Gasteiger partial charge on any atom is -0.379 e. The number of hydrogen-bond donors (Lipinski definition) is 3. The zero-order valence-corrected chi connectivity index (χ0v) is 17.5. The van der Waals surface area contributed by atoms with E-state index in [1.54, 1.807) is 7.05 Å². The van der Waals surface area contributed by atoms with E-state index in [-0.39, 0.29) is 18.0 Å². The molecule has 0 aromatic carbocycles. The molecule has 1 unspecified atom stereocenters. The molecule has 0 saturated carbocycles. The third-order valence-corrected chi connectivity index (χ3v) is 4.74. The highest BCUT2D eigenvalue weighted by molar-refractivity contribution is 5.86. The molecule has 1 fully saturated rings. The number of rotatable bonds is 8. The van der Waals surface area contributed by atoms with E-state index in [1.807, 2.05) is 20.8 Å². The fourth-order valence-electron chi connectivity index (χ4n) is 3.38. The Labute approximate surface area is 159 Å². The van der Waals surface area contributed by atoms with Gasteiger partial charge < -0.3 is 20.7 Å². The third-order valence-electron chi connectivity index (χ3n) is 4.74. The molecule has 26 heavy (non-hydrogen) atoms. The second kappa shape index (κ2) is 11.4. The first-order chi connectivity index (χ1) is 12.3. The number of nitrogens with one attached hydrogen (secondary N) is 3. The molecule has 1 heterocycles. The van der Waals surface area contributed by atoms with Gasteiger partial charge in [-0.2, -0.15) is 0 Å².